The van der Waals surface area contributed by atoms with Crippen LogP contribution in [0.4, 0.5) is 0 Å². The number of nitrogens with one attached hydrogen (secondary N) is 1. The summed E-state index contributed by atoms with van der Waals surface area (Å²) >= 11 is 0. The molecular formula is C14H22N2O2. The van der Waals surface area contributed by atoms with Crippen molar-refractivity contribution in [2.45, 2.75) is 13.3 Å². The minimum atomic E-state index is 0.0130. The smallest absolute Gasteiger partial charge is 0.234 e. The normalized spacial score (nSPS) is 10.6. The van der Waals surface area contributed by atoms with Gasteiger partial charge < -0.3 is 10.4 Å². The lowest BCUT2D eigenvalue weighted by atomic mass is 10.1. The van der Waals surface area contributed by atoms with Crippen LogP contribution in [0.2, 0.25) is 0 Å². The van der Waals surface area contributed by atoms with E-state index < -0.39 is 0 Å². The molecule has 0 aliphatic carbocycles. The molecule has 100 valence electrons. The number of benzene rings is 1. The quantitative estimate of drug-likeness (QED) is 0.712. The Labute approximate surface area is 109 Å². The molecule has 2 N–H and O–H groups in total. The third-order valence-corrected chi connectivity index (χ3v) is 2.72. The molecule has 0 saturated carbocycles. The summed E-state index contributed by atoms with van der Waals surface area (Å²) in [6.45, 7) is 4.28. The first kappa shape index (κ1) is 14.7. The Balaban J connectivity index is 2.40. The average Bonchev–Trinajstić information content (AvgIpc) is 2.38. The molecule has 1 aromatic rings. The molecule has 0 saturated heterocycles. The lowest BCUT2D eigenvalue weighted by Crippen LogP contribution is -2.39. The second-order valence-corrected chi connectivity index (χ2v) is 4.19. The van der Waals surface area contributed by atoms with Crippen molar-refractivity contribution in [1.82, 2.24) is 10.2 Å². The van der Waals surface area contributed by atoms with E-state index in [-0.39, 0.29) is 12.5 Å². The molecule has 0 aromatic heterocycles. The van der Waals surface area contributed by atoms with E-state index >= 15 is 0 Å². The summed E-state index contributed by atoms with van der Waals surface area (Å²) in [4.78, 5) is 13.5. The lowest BCUT2D eigenvalue weighted by molar-refractivity contribution is -0.122. The summed E-state index contributed by atoms with van der Waals surface area (Å²) in [5.41, 5.74) is 1.25. The zero-order valence-electron chi connectivity index (χ0n) is 10.9. The molecule has 18 heavy (non-hydrogen) atoms. The Bertz CT molecular complexity index is 341. The Morgan fingerprint density at radius 2 is 2.00 bits per heavy atom. The second-order valence-electron chi connectivity index (χ2n) is 4.19. The molecule has 0 heterocycles. The predicted octanol–water partition coefficient (Wildman–Crippen LogP) is 0.660. The van der Waals surface area contributed by atoms with Gasteiger partial charge in [0.2, 0.25) is 5.91 Å². The van der Waals surface area contributed by atoms with Crippen LogP contribution in [0.15, 0.2) is 30.3 Å². The van der Waals surface area contributed by atoms with Gasteiger partial charge in [0.1, 0.15) is 0 Å². The van der Waals surface area contributed by atoms with Crippen molar-refractivity contribution in [3.63, 3.8) is 0 Å². The first-order chi connectivity index (χ1) is 8.76. The average molecular weight is 250 g/mol. The van der Waals surface area contributed by atoms with Crippen molar-refractivity contribution < 1.29 is 9.90 Å². The third-order valence-electron chi connectivity index (χ3n) is 2.72. The molecular weight excluding hydrogens is 228 g/mol. The molecule has 0 aliphatic heterocycles. The number of amides is 1. The number of hydrogen-bond acceptors (Lipinski definition) is 3. The van der Waals surface area contributed by atoms with Crippen molar-refractivity contribution in [2.75, 3.05) is 32.8 Å². The van der Waals surface area contributed by atoms with E-state index in [2.05, 4.69) is 17.4 Å². The van der Waals surface area contributed by atoms with Crippen LogP contribution >= 0.6 is 0 Å². The summed E-state index contributed by atoms with van der Waals surface area (Å²) in [5.74, 6) is 0.0130. The van der Waals surface area contributed by atoms with E-state index in [1.165, 1.54) is 5.56 Å². The van der Waals surface area contributed by atoms with Crippen LogP contribution in [-0.4, -0.2) is 48.7 Å². The number of carbonyl (C=O) groups excluding carboxylic acids is 1. The highest BCUT2D eigenvalue weighted by Crippen LogP contribution is 2.01. The van der Waals surface area contributed by atoms with Crippen molar-refractivity contribution in [3.05, 3.63) is 35.9 Å². The summed E-state index contributed by atoms with van der Waals surface area (Å²) in [7, 11) is 0. The number of carbonyl (C=O) groups is 1. The van der Waals surface area contributed by atoms with Crippen LogP contribution in [0.1, 0.15) is 12.5 Å². The van der Waals surface area contributed by atoms with Gasteiger partial charge >= 0.3 is 0 Å². The Morgan fingerprint density at radius 3 is 2.61 bits per heavy atom. The molecule has 0 radical (unpaired) electrons. The van der Waals surface area contributed by atoms with E-state index in [0.717, 1.165) is 13.0 Å². The second kappa shape index (κ2) is 8.66. The zero-order valence-corrected chi connectivity index (χ0v) is 10.9. The van der Waals surface area contributed by atoms with Crippen molar-refractivity contribution in [3.8, 4) is 0 Å². The number of aliphatic hydroxyl groups excluding tert-OH is 1. The Hall–Kier alpha value is -1.39. The van der Waals surface area contributed by atoms with Crippen molar-refractivity contribution in [1.29, 1.82) is 0 Å². The monoisotopic (exact) mass is 250 g/mol. The molecule has 0 unspecified atom stereocenters. The molecule has 0 fully saturated rings. The highest BCUT2D eigenvalue weighted by molar-refractivity contribution is 5.77. The van der Waals surface area contributed by atoms with Crippen molar-refractivity contribution >= 4 is 5.91 Å². The highest BCUT2D eigenvalue weighted by Gasteiger charge is 2.09. The van der Waals surface area contributed by atoms with Crippen LogP contribution in [-0.2, 0) is 11.2 Å². The molecule has 4 nitrogen and oxygen atoms in total. The van der Waals surface area contributed by atoms with E-state index in [0.29, 0.717) is 19.6 Å². The van der Waals surface area contributed by atoms with Crippen LogP contribution in [0, 0.1) is 0 Å². The fraction of sp³-hybridized carbons (Fsp3) is 0.500. The van der Waals surface area contributed by atoms with Gasteiger partial charge in [-0.05, 0) is 18.9 Å². The fourth-order valence-electron chi connectivity index (χ4n) is 1.80. The Kier molecular flexibility index (Phi) is 7.06. The van der Waals surface area contributed by atoms with Gasteiger partial charge in [0.05, 0.1) is 13.2 Å². The molecule has 4 heteroatoms. The van der Waals surface area contributed by atoms with Gasteiger partial charge in [0, 0.05) is 19.6 Å². The van der Waals surface area contributed by atoms with Gasteiger partial charge in [-0.1, -0.05) is 30.3 Å². The summed E-state index contributed by atoms with van der Waals surface area (Å²) in [5, 5.41) is 11.8. The fourth-order valence-corrected chi connectivity index (χ4v) is 1.80. The molecule has 1 amide bonds. The summed E-state index contributed by atoms with van der Waals surface area (Å²) < 4.78 is 0. The maximum absolute atomic E-state index is 11.5. The SMILES string of the molecule is CCNC(=O)CN(CCO)CCc1ccccc1. The molecule has 0 atom stereocenters. The van der Waals surface area contributed by atoms with Gasteiger partial charge in [-0.3, -0.25) is 9.69 Å². The van der Waals surface area contributed by atoms with Gasteiger partial charge in [-0.15, -0.1) is 0 Å². The molecule has 0 aliphatic rings. The summed E-state index contributed by atoms with van der Waals surface area (Å²) in [6, 6.07) is 10.2. The van der Waals surface area contributed by atoms with Gasteiger partial charge in [-0.25, -0.2) is 0 Å². The van der Waals surface area contributed by atoms with Crippen LogP contribution < -0.4 is 5.32 Å². The van der Waals surface area contributed by atoms with Crippen LogP contribution in [0.3, 0.4) is 0 Å². The number of likely N-dealkylation sites (N-methyl/N-ethyl adjacent to an activating group) is 1. The molecule has 1 aromatic carbocycles. The van der Waals surface area contributed by atoms with E-state index in [1.54, 1.807) is 0 Å². The number of aliphatic hydroxyl groups is 1. The Morgan fingerprint density at radius 1 is 1.28 bits per heavy atom. The first-order valence-corrected chi connectivity index (χ1v) is 6.40. The zero-order chi connectivity index (χ0) is 13.2. The summed E-state index contributed by atoms with van der Waals surface area (Å²) in [6.07, 6.45) is 0.889. The van der Waals surface area contributed by atoms with Gasteiger partial charge in [0.15, 0.2) is 0 Å². The minimum absolute atomic E-state index is 0.0130. The largest absolute Gasteiger partial charge is 0.395 e. The number of nitrogens with zero attached hydrogens (tertiary/aromatic N) is 1. The molecule has 0 spiro atoms. The number of rotatable bonds is 8. The topological polar surface area (TPSA) is 52.6 Å². The van der Waals surface area contributed by atoms with E-state index in [4.69, 9.17) is 5.11 Å². The third kappa shape index (κ3) is 5.80. The first-order valence-electron chi connectivity index (χ1n) is 6.40. The standard InChI is InChI=1S/C14H22N2O2/c1-2-15-14(18)12-16(10-11-17)9-8-13-6-4-3-5-7-13/h3-7,17H,2,8-12H2,1H3,(H,15,18). The predicted molar refractivity (Wildman–Crippen MR) is 72.4 cm³/mol. The van der Waals surface area contributed by atoms with Crippen LogP contribution in [0.25, 0.3) is 0 Å². The van der Waals surface area contributed by atoms with Crippen LogP contribution in [0.5, 0.6) is 0 Å². The maximum Gasteiger partial charge on any atom is 0.234 e. The number of hydrogen-bond donors (Lipinski definition) is 2. The lowest BCUT2D eigenvalue weighted by Gasteiger charge is -2.20. The van der Waals surface area contributed by atoms with Gasteiger partial charge in [-0.2, -0.15) is 0 Å². The van der Waals surface area contributed by atoms with E-state index in [1.807, 2.05) is 30.0 Å². The van der Waals surface area contributed by atoms with Crippen molar-refractivity contribution in [2.24, 2.45) is 0 Å². The highest BCUT2D eigenvalue weighted by atomic mass is 16.3. The molecule has 1 rings (SSSR count). The molecule has 0 bridgehead atoms. The maximum atomic E-state index is 11.5. The minimum Gasteiger partial charge on any atom is -0.395 e. The van der Waals surface area contributed by atoms with Gasteiger partial charge in [0.25, 0.3) is 0 Å². The van der Waals surface area contributed by atoms with E-state index in [9.17, 15) is 4.79 Å².